The Hall–Kier alpha value is -3.07. The Labute approximate surface area is 279 Å². The molecule has 1 aliphatic carbocycles. The van der Waals surface area contributed by atoms with E-state index in [0.717, 1.165) is 0 Å². The van der Waals surface area contributed by atoms with Crippen molar-refractivity contribution in [3.63, 3.8) is 0 Å². The van der Waals surface area contributed by atoms with E-state index in [0.29, 0.717) is 43.7 Å². The molecule has 47 heavy (non-hydrogen) atoms. The number of carbonyl (C=O) groups is 2. The molecule has 2 saturated heterocycles. The van der Waals surface area contributed by atoms with Crippen LogP contribution < -0.4 is 20.9 Å². The molecule has 2 aromatic rings. The summed E-state index contributed by atoms with van der Waals surface area (Å²) in [5, 5.41) is 2.67. The van der Waals surface area contributed by atoms with Crippen molar-refractivity contribution in [1.29, 1.82) is 0 Å². The van der Waals surface area contributed by atoms with Crippen LogP contribution in [-0.2, 0) is 25.5 Å². The number of rotatable bonds is 8. The topological polar surface area (TPSA) is 138 Å². The first-order valence-corrected chi connectivity index (χ1v) is 17.8. The van der Waals surface area contributed by atoms with Gasteiger partial charge in [-0.1, -0.05) is 11.6 Å². The second-order valence-corrected chi connectivity index (χ2v) is 15.9. The molecule has 3 N–H and O–H groups in total. The van der Waals surface area contributed by atoms with Crippen LogP contribution in [-0.4, -0.2) is 80.6 Å². The molecule has 0 bridgehead atoms. The van der Waals surface area contributed by atoms with Crippen LogP contribution in [0.3, 0.4) is 0 Å². The maximum absolute atomic E-state index is 15.6. The van der Waals surface area contributed by atoms with E-state index in [2.05, 4.69) is 10.3 Å². The van der Waals surface area contributed by atoms with Crippen molar-refractivity contribution in [3.8, 4) is 0 Å². The summed E-state index contributed by atoms with van der Waals surface area (Å²) in [6.07, 6.45) is 1.62. The van der Waals surface area contributed by atoms with E-state index in [1.54, 1.807) is 37.8 Å². The molecule has 0 spiro atoms. The van der Waals surface area contributed by atoms with Crippen LogP contribution in [0.15, 0.2) is 41.3 Å². The predicted molar refractivity (Wildman–Crippen MR) is 175 cm³/mol. The van der Waals surface area contributed by atoms with Gasteiger partial charge in [-0.25, -0.2) is 27.0 Å². The van der Waals surface area contributed by atoms with Crippen molar-refractivity contribution >= 4 is 45.1 Å². The first-order valence-electron chi connectivity index (χ1n) is 16.0. The molecule has 258 valence electrons. The lowest BCUT2D eigenvalue weighted by molar-refractivity contribution is -0.117. The highest BCUT2D eigenvalue weighted by atomic mass is 35.5. The summed E-state index contributed by atoms with van der Waals surface area (Å²) in [6, 6.07) is 8.19. The zero-order chi connectivity index (χ0) is 34.1. The molecule has 1 atom stereocenters. The molecule has 5 rings (SSSR count). The summed E-state index contributed by atoms with van der Waals surface area (Å²) in [5.41, 5.74) is 5.40. The molecule has 2 amide bonds. The van der Waals surface area contributed by atoms with Crippen molar-refractivity contribution in [2.75, 3.05) is 49.1 Å². The summed E-state index contributed by atoms with van der Waals surface area (Å²) in [7, 11) is -3.87. The summed E-state index contributed by atoms with van der Waals surface area (Å²) in [6.45, 7) is 6.71. The van der Waals surface area contributed by atoms with Gasteiger partial charge in [-0.05, 0) is 95.3 Å². The van der Waals surface area contributed by atoms with E-state index in [9.17, 15) is 18.0 Å². The van der Waals surface area contributed by atoms with Crippen LogP contribution in [0.2, 0.25) is 5.15 Å². The summed E-state index contributed by atoms with van der Waals surface area (Å²) in [4.78, 5) is 32.4. The van der Waals surface area contributed by atoms with Crippen molar-refractivity contribution in [2.24, 2.45) is 17.6 Å². The number of hydrogen-bond acceptors (Lipinski definition) is 8. The second-order valence-electron chi connectivity index (χ2n) is 13.5. The van der Waals surface area contributed by atoms with Crippen LogP contribution in [0, 0.1) is 11.8 Å². The smallest absolute Gasteiger partial charge is 0.407 e. The normalized spacial score (nSPS) is 23.2. The molecule has 3 fully saturated rings. The van der Waals surface area contributed by atoms with Crippen LogP contribution in [0.1, 0.15) is 58.4 Å². The zero-order valence-electron chi connectivity index (χ0n) is 26.9. The molecule has 1 aromatic heterocycles. The number of halogens is 3. The van der Waals surface area contributed by atoms with Gasteiger partial charge in [0.05, 0.1) is 10.9 Å². The van der Waals surface area contributed by atoms with Gasteiger partial charge in [0.25, 0.3) is 5.92 Å². The van der Waals surface area contributed by atoms with Crippen molar-refractivity contribution < 1.29 is 31.5 Å². The fourth-order valence-corrected chi connectivity index (χ4v) is 8.09. The monoisotopic (exact) mass is 696 g/mol. The SMILES string of the molecule is CC(C)(C)OC(=O)N[C@@H]1CC(=O)N(c2ccc(S(=O)(=O)N3CCN(c4cc(C(F)(F)C5CCC(CN)CC5)cc(Cl)n4)CC3)cc2)C1. The van der Waals surface area contributed by atoms with Crippen molar-refractivity contribution in [3.05, 3.63) is 47.1 Å². The number of alkyl halides is 2. The summed E-state index contributed by atoms with van der Waals surface area (Å²) >= 11 is 6.22. The Balaban J connectivity index is 1.20. The first-order chi connectivity index (χ1) is 22.1. The molecule has 3 heterocycles. The molecular formula is C32H43ClF2N6O5S. The molecule has 11 nitrogen and oxygen atoms in total. The number of ether oxygens (including phenoxy) is 1. The summed E-state index contributed by atoms with van der Waals surface area (Å²) in [5.74, 6) is -3.51. The predicted octanol–water partition coefficient (Wildman–Crippen LogP) is 4.73. The third-order valence-corrected chi connectivity index (χ3v) is 11.2. The van der Waals surface area contributed by atoms with Crippen molar-refractivity contribution in [2.45, 2.75) is 75.3 Å². The van der Waals surface area contributed by atoms with Gasteiger partial charge in [-0.15, -0.1) is 0 Å². The van der Waals surface area contributed by atoms with E-state index in [1.807, 2.05) is 0 Å². The number of nitrogens with two attached hydrogens (primary N) is 1. The third kappa shape index (κ3) is 8.15. The Morgan fingerprint density at radius 1 is 1.06 bits per heavy atom. The average molecular weight is 697 g/mol. The lowest BCUT2D eigenvalue weighted by atomic mass is 9.77. The van der Waals surface area contributed by atoms with Crippen LogP contribution in [0.4, 0.5) is 25.1 Å². The lowest BCUT2D eigenvalue weighted by Crippen LogP contribution is -2.49. The van der Waals surface area contributed by atoms with Crippen LogP contribution in [0.5, 0.6) is 0 Å². The molecule has 3 aliphatic rings. The highest BCUT2D eigenvalue weighted by Gasteiger charge is 2.43. The van der Waals surface area contributed by atoms with Gasteiger partial charge in [0.2, 0.25) is 15.9 Å². The van der Waals surface area contributed by atoms with Crippen molar-refractivity contribution in [1.82, 2.24) is 14.6 Å². The molecule has 15 heteroatoms. The minimum atomic E-state index is -3.87. The number of amides is 2. The number of pyridine rings is 1. The number of hydrogen-bond donors (Lipinski definition) is 2. The van der Waals surface area contributed by atoms with E-state index in [-0.39, 0.29) is 66.6 Å². The second kappa shape index (κ2) is 13.8. The maximum atomic E-state index is 15.6. The number of piperazine rings is 1. The third-order valence-electron chi connectivity index (χ3n) is 9.05. The van der Waals surface area contributed by atoms with Gasteiger partial charge in [0.15, 0.2) is 0 Å². The van der Waals surface area contributed by atoms with Gasteiger partial charge >= 0.3 is 6.09 Å². The largest absolute Gasteiger partial charge is 0.444 e. The first kappa shape index (κ1) is 35.2. The van der Waals surface area contributed by atoms with Gasteiger partial charge in [0.1, 0.15) is 16.6 Å². The van der Waals surface area contributed by atoms with E-state index in [4.69, 9.17) is 22.1 Å². The lowest BCUT2D eigenvalue weighted by Gasteiger charge is -2.36. The van der Waals surface area contributed by atoms with Crippen LogP contribution in [0.25, 0.3) is 0 Å². The molecule has 1 saturated carbocycles. The number of nitrogens with one attached hydrogen (secondary N) is 1. The Kier molecular flexibility index (Phi) is 10.4. The quantitative estimate of drug-likeness (QED) is 0.378. The highest BCUT2D eigenvalue weighted by Crippen LogP contribution is 2.46. The van der Waals surface area contributed by atoms with Gasteiger partial charge < -0.3 is 25.6 Å². The number of sulfonamides is 1. The highest BCUT2D eigenvalue weighted by molar-refractivity contribution is 7.89. The molecule has 1 aromatic carbocycles. The van der Waals surface area contributed by atoms with Gasteiger partial charge in [0, 0.05) is 56.3 Å². The summed E-state index contributed by atoms with van der Waals surface area (Å²) < 4.78 is 64.8. The fraction of sp³-hybridized carbons (Fsp3) is 0.594. The number of alkyl carbamates (subject to hydrolysis) is 1. The number of anilines is 2. The molecular weight excluding hydrogens is 654 g/mol. The molecule has 0 radical (unpaired) electrons. The number of benzene rings is 1. The fourth-order valence-electron chi connectivity index (χ4n) is 6.47. The van der Waals surface area contributed by atoms with E-state index >= 15 is 8.78 Å². The Morgan fingerprint density at radius 2 is 1.70 bits per heavy atom. The van der Waals surface area contributed by atoms with Gasteiger partial charge in [-0.2, -0.15) is 4.31 Å². The Morgan fingerprint density at radius 3 is 2.30 bits per heavy atom. The molecule has 0 unspecified atom stereocenters. The number of carbonyl (C=O) groups excluding carboxylic acids is 2. The van der Waals surface area contributed by atoms with E-state index in [1.165, 1.54) is 33.5 Å². The Bertz CT molecular complexity index is 1560. The molecule has 2 aliphatic heterocycles. The van der Waals surface area contributed by atoms with Crippen LogP contribution >= 0.6 is 11.6 Å². The minimum Gasteiger partial charge on any atom is -0.444 e. The maximum Gasteiger partial charge on any atom is 0.407 e. The number of nitrogens with zero attached hydrogens (tertiary/aromatic N) is 4. The average Bonchev–Trinajstić information content (AvgIpc) is 3.39. The standard InChI is InChI=1S/C32H43ClF2N6O5S/c1-31(2,3)46-30(43)37-24-18-29(42)41(20-24)25-8-10-26(11-9-25)47(44,45)40-14-12-39(13-15-40)28-17-23(16-27(33)38-28)32(34,35)22-6-4-21(19-36)5-7-22/h8-11,16-17,21-22,24H,4-7,12-15,18-20,36H2,1-3H3,(H,37,43)/t21?,22?,24-/m1/s1. The zero-order valence-corrected chi connectivity index (χ0v) is 28.5. The van der Waals surface area contributed by atoms with E-state index < -0.39 is 39.6 Å². The number of aromatic nitrogens is 1. The van der Waals surface area contributed by atoms with Gasteiger partial charge in [-0.3, -0.25) is 4.79 Å². The minimum absolute atomic E-state index is 0.0358.